The molecule has 1 N–H and O–H groups in total. The second kappa shape index (κ2) is 20.3. The zero-order valence-electron chi connectivity index (χ0n) is 19.7. The number of benzene rings is 1. The first-order valence-corrected chi connectivity index (χ1v) is 13.8. The van der Waals surface area contributed by atoms with E-state index in [0.29, 0.717) is 6.61 Å². The van der Waals surface area contributed by atoms with Crippen LogP contribution in [0.25, 0.3) is 0 Å². The van der Waals surface area contributed by atoms with Crippen LogP contribution in [0.1, 0.15) is 122 Å². The minimum absolute atomic E-state index is 0.581. The number of rotatable bonds is 21. The van der Waals surface area contributed by atoms with Gasteiger partial charge in [-0.3, -0.25) is 0 Å². The highest BCUT2D eigenvalue weighted by Gasteiger charge is 2.12. The van der Waals surface area contributed by atoms with Crippen LogP contribution >= 0.6 is 8.60 Å². The van der Waals surface area contributed by atoms with Gasteiger partial charge in [0, 0.05) is 0 Å². The van der Waals surface area contributed by atoms with E-state index in [1.807, 2.05) is 18.2 Å². The predicted molar refractivity (Wildman–Crippen MR) is 131 cm³/mol. The monoisotopic (exact) mass is 438 g/mol. The van der Waals surface area contributed by atoms with Crippen molar-refractivity contribution in [2.45, 2.75) is 123 Å². The Bertz CT molecular complexity index is 495. The molecular formula is C26H47O3P. The molecule has 0 amide bonds. The Hall–Kier alpha value is -0.630. The van der Waals surface area contributed by atoms with Crippen molar-refractivity contribution in [3.05, 3.63) is 29.8 Å². The zero-order valence-corrected chi connectivity index (χ0v) is 20.6. The van der Waals surface area contributed by atoms with Crippen molar-refractivity contribution in [3.63, 3.8) is 0 Å². The summed E-state index contributed by atoms with van der Waals surface area (Å²) in [5.41, 5.74) is 1.18. The van der Waals surface area contributed by atoms with Crippen molar-refractivity contribution >= 4 is 8.60 Å². The number of hydrogen-bond donors (Lipinski definition) is 1. The molecule has 0 bridgehead atoms. The molecule has 1 atom stereocenters. The van der Waals surface area contributed by atoms with Gasteiger partial charge in [0.25, 0.3) is 0 Å². The lowest BCUT2D eigenvalue weighted by Gasteiger charge is -2.14. The first kappa shape index (κ1) is 27.4. The average Bonchev–Trinajstić information content (AvgIpc) is 2.75. The number of aryl methyl sites for hydroxylation is 1. The van der Waals surface area contributed by atoms with Crippen LogP contribution in [0.5, 0.6) is 5.75 Å². The molecule has 3 nitrogen and oxygen atoms in total. The van der Waals surface area contributed by atoms with E-state index >= 15 is 0 Å². The van der Waals surface area contributed by atoms with Gasteiger partial charge < -0.3 is 13.9 Å². The van der Waals surface area contributed by atoms with Crippen LogP contribution in [0.4, 0.5) is 0 Å². The van der Waals surface area contributed by atoms with Crippen LogP contribution in [0, 0.1) is 0 Å². The van der Waals surface area contributed by atoms with Crippen molar-refractivity contribution in [3.8, 4) is 5.75 Å². The Labute approximate surface area is 188 Å². The van der Waals surface area contributed by atoms with Gasteiger partial charge in [0.2, 0.25) is 0 Å². The van der Waals surface area contributed by atoms with Crippen LogP contribution in [0.2, 0.25) is 0 Å². The van der Waals surface area contributed by atoms with Gasteiger partial charge in [0.15, 0.2) is 0 Å². The third-order valence-corrected chi connectivity index (χ3v) is 6.40. The molecule has 174 valence electrons. The molecule has 0 fully saturated rings. The van der Waals surface area contributed by atoms with Crippen LogP contribution in [-0.2, 0) is 10.9 Å². The summed E-state index contributed by atoms with van der Waals surface area (Å²) in [6, 6.07) is 8.08. The van der Waals surface area contributed by atoms with E-state index in [4.69, 9.17) is 9.05 Å². The predicted octanol–water partition coefficient (Wildman–Crippen LogP) is 9.13. The Kier molecular flexibility index (Phi) is 18.5. The van der Waals surface area contributed by atoms with Crippen LogP contribution < -0.4 is 4.52 Å². The molecule has 4 heteroatoms. The van der Waals surface area contributed by atoms with Gasteiger partial charge in [0.1, 0.15) is 5.75 Å². The summed E-state index contributed by atoms with van der Waals surface area (Å²) in [7, 11) is -1.84. The second-order valence-electron chi connectivity index (χ2n) is 8.47. The van der Waals surface area contributed by atoms with Crippen LogP contribution in [-0.4, -0.2) is 11.5 Å². The molecule has 0 aromatic heterocycles. The quantitative estimate of drug-likeness (QED) is 0.154. The molecule has 0 saturated heterocycles. The molecule has 1 aromatic rings. The summed E-state index contributed by atoms with van der Waals surface area (Å²) in [6.07, 6.45) is 21.7. The maximum atomic E-state index is 10.2. The fourth-order valence-corrected chi connectivity index (χ4v) is 4.42. The fourth-order valence-electron chi connectivity index (χ4n) is 3.74. The molecule has 0 spiro atoms. The van der Waals surface area contributed by atoms with E-state index in [9.17, 15) is 4.89 Å². The van der Waals surface area contributed by atoms with E-state index in [0.717, 1.165) is 18.6 Å². The SMILES string of the molecule is CCCCCCCCCCOP(O)Oc1ccccc1CCCCCCCCCC. The number of unbranched alkanes of at least 4 members (excludes halogenated alkanes) is 14. The molecule has 1 rings (SSSR count). The Balaban J connectivity index is 2.13. The van der Waals surface area contributed by atoms with Crippen LogP contribution in [0.15, 0.2) is 24.3 Å². The minimum Gasteiger partial charge on any atom is -0.427 e. The van der Waals surface area contributed by atoms with Gasteiger partial charge in [-0.05, 0) is 30.9 Å². The highest BCUT2D eigenvalue weighted by atomic mass is 31.2. The van der Waals surface area contributed by atoms with E-state index in [-0.39, 0.29) is 0 Å². The largest absolute Gasteiger partial charge is 0.427 e. The van der Waals surface area contributed by atoms with E-state index < -0.39 is 8.60 Å². The topological polar surface area (TPSA) is 38.7 Å². The molecule has 0 radical (unpaired) electrons. The number of hydrogen-bond acceptors (Lipinski definition) is 3. The lowest BCUT2D eigenvalue weighted by Crippen LogP contribution is -1.98. The van der Waals surface area contributed by atoms with Crippen molar-refractivity contribution in [2.75, 3.05) is 6.61 Å². The molecule has 1 unspecified atom stereocenters. The van der Waals surface area contributed by atoms with Crippen molar-refractivity contribution in [2.24, 2.45) is 0 Å². The summed E-state index contributed by atoms with van der Waals surface area (Å²) in [6.45, 7) is 5.10. The van der Waals surface area contributed by atoms with Crippen molar-refractivity contribution in [1.29, 1.82) is 0 Å². The molecular weight excluding hydrogens is 391 g/mol. The Morgan fingerprint density at radius 2 is 1.17 bits per heavy atom. The third kappa shape index (κ3) is 15.2. The molecule has 0 saturated carbocycles. The standard InChI is InChI=1S/C26H47O3P/c1-3-5-7-9-11-13-15-17-21-25-22-18-19-23-26(25)29-30(27)28-24-20-16-14-12-10-8-6-4-2/h18-19,22-23,27H,3-17,20-21,24H2,1-2H3. The second-order valence-corrected chi connectivity index (χ2v) is 9.39. The summed E-state index contributed by atoms with van der Waals surface area (Å²) in [5, 5.41) is 0. The lowest BCUT2D eigenvalue weighted by molar-refractivity contribution is 0.253. The first-order chi connectivity index (χ1) is 14.8. The van der Waals surface area contributed by atoms with Gasteiger partial charge in [-0.1, -0.05) is 122 Å². The summed E-state index contributed by atoms with van der Waals surface area (Å²) >= 11 is 0. The lowest BCUT2D eigenvalue weighted by atomic mass is 10.0. The molecule has 1 aromatic carbocycles. The average molecular weight is 439 g/mol. The zero-order chi connectivity index (χ0) is 21.7. The highest BCUT2D eigenvalue weighted by Crippen LogP contribution is 2.37. The smallest absolute Gasteiger partial charge is 0.394 e. The third-order valence-electron chi connectivity index (χ3n) is 5.65. The van der Waals surface area contributed by atoms with Crippen molar-refractivity contribution < 1.29 is 13.9 Å². The summed E-state index contributed by atoms with van der Waals surface area (Å²) < 4.78 is 11.3. The number of para-hydroxylation sites is 1. The maximum absolute atomic E-state index is 10.2. The van der Waals surface area contributed by atoms with Gasteiger partial charge >= 0.3 is 8.60 Å². The normalized spacial score (nSPS) is 12.2. The first-order valence-electron chi connectivity index (χ1n) is 12.7. The van der Waals surface area contributed by atoms with Gasteiger partial charge in [-0.15, -0.1) is 0 Å². The summed E-state index contributed by atoms with van der Waals surface area (Å²) in [5.74, 6) is 0.782. The fraction of sp³-hybridized carbons (Fsp3) is 0.769. The Morgan fingerprint density at radius 3 is 1.77 bits per heavy atom. The highest BCUT2D eigenvalue weighted by molar-refractivity contribution is 7.41. The van der Waals surface area contributed by atoms with Gasteiger partial charge in [-0.2, -0.15) is 0 Å². The van der Waals surface area contributed by atoms with E-state index in [1.165, 1.54) is 102 Å². The van der Waals surface area contributed by atoms with Gasteiger partial charge in [-0.25, -0.2) is 0 Å². The van der Waals surface area contributed by atoms with E-state index in [2.05, 4.69) is 19.9 Å². The molecule has 30 heavy (non-hydrogen) atoms. The van der Waals surface area contributed by atoms with Crippen LogP contribution in [0.3, 0.4) is 0 Å². The molecule has 0 aliphatic rings. The maximum Gasteiger partial charge on any atom is 0.394 e. The van der Waals surface area contributed by atoms with Crippen molar-refractivity contribution in [1.82, 2.24) is 0 Å². The minimum atomic E-state index is -1.84. The Morgan fingerprint density at radius 1 is 0.667 bits per heavy atom. The summed E-state index contributed by atoms with van der Waals surface area (Å²) in [4.78, 5) is 10.2. The van der Waals surface area contributed by atoms with E-state index in [1.54, 1.807) is 0 Å². The van der Waals surface area contributed by atoms with Gasteiger partial charge in [0.05, 0.1) is 6.61 Å². The molecule has 0 aliphatic heterocycles. The molecule has 0 heterocycles. The molecule has 0 aliphatic carbocycles.